The van der Waals surface area contributed by atoms with Gasteiger partial charge in [-0.25, -0.2) is 4.98 Å². The molecule has 0 aromatic carbocycles. The summed E-state index contributed by atoms with van der Waals surface area (Å²) in [5.74, 6) is 0. The predicted molar refractivity (Wildman–Crippen MR) is 84.0 cm³/mol. The average molecular weight is 293 g/mol. The third-order valence-electron chi connectivity index (χ3n) is 2.84. The van der Waals surface area contributed by atoms with Crippen molar-refractivity contribution in [3.05, 3.63) is 29.0 Å². The molecule has 0 saturated heterocycles. The molecule has 2 aromatic heterocycles. The van der Waals surface area contributed by atoms with Crippen LogP contribution in [0.3, 0.4) is 0 Å². The number of thiazole rings is 1. The Morgan fingerprint density at radius 1 is 1.40 bits per heavy atom. The topological polar surface area (TPSA) is 46.0 Å². The van der Waals surface area contributed by atoms with E-state index in [9.17, 15) is 0 Å². The molecule has 0 bridgehead atoms. The molecule has 0 aliphatic carbocycles. The van der Waals surface area contributed by atoms with Gasteiger partial charge < -0.3 is 10.2 Å². The highest BCUT2D eigenvalue weighted by Crippen LogP contribution is 2.21. The zero-order valence-electron chi connectivity index (χ0n) is 12.8. The lowest BCUT2D eigenvalue weighted by Crippen LogP contribution is -2.35. The predicted octanol–water partition coefficient (Wildman–Crippen LogP) is 2.40. The van der Waals surface area contributed by atoms with Crippen LogP contribution in [0.1, 0.15) is 32.0 Å². The molecule has 0 atom stereocenters. The number of aryl methyl sites for hydroxylation is 1. The van der Waals surface area contributed by atoms with Crippen LogP contribution in [0.2, 0.25) is 0 Å². The van der Waals surface area contributed by atoms with Crippen LogP contribution in [-0.2, 0) is 20.1 Å². The Labute approximate surface area is 124 Å². The van der Waals surface area contributed by atoms with Gasteiger partial charge in [-0.2, -0.15) is 5.10 Å². The highest BCUT2D eigenvalue weighted by molar-refractivity contribution is 7.13. The first-order chi connectivity index (χ1) is 9.33. The zero-order chi connectivity index (χ0) is 14.8. The quantitative estimate of drug-likeness (QED) is 0.919. The van der Waals surface area contributed by atoms with Gasteiger partial charge in [-0.15, -0.1) is 11.3 Å². The normalized spacial score (nSPS) is 11.8. The number of nitrogens with zero attached hydrogens (tertiary/aromatic N) is 4. The molecular formula is C14H23N5S. The molecule has 2 aromatic rings. The number of hydrogen-bond acceptors (Lipinski definition) is 5. The highest BCUT2D eigenvalue weighted by Gasteiger charge is 2.12. The van der Waals surface area contributed by atoms with Crippen molar-refractivity contribution in [2.45, 2.75) is 39.4 Å². The fourth-order valence-corrected chi connectivity index (χ4v) is 2.60. The lowest BCUT2D eigenvalue weighted by Gasteiger charge is -2.19. The molecule has 0 aliphatic rings. The summed E-state index contributed by atoms with van der Waals surface area (Å²) in [6, 6.07) is 0. The molecule has 0 saturated carbocycles. The van der Waals surface area contributed by atoms with Crippen molar-refractivity contribution >= 4 is 16.5 Å². The molecule has 5 nitrogen and oxygen atoms in total. The van der Waals surface area contributed by atoms with Crippen molar-refractivity contribution in [1.29, 1.82) is 0 Å². The molecule has 0 amide bonds. The van der Waals surface area contributed by atoms with Gasteiger partial charge >= 0.3 is 0 Å². The van der Waals surface area contributed by atoms with E-state index in [0.29, 0.717) is 0 Å². The SMILES string of the molecule is CN(Cc1cnn(C)c1)c1nc(CNC(C)(C)C)cs1. The molecule has 110 valence electrons. The van der Waals surface area contributed by atoms with E-state index in [1.54, 1.807) is 11.3 Å². The Morgan fingerprint density at radius 3 is 2.75 bits per heavy atom. The smallest absolute Gasteiger partial charge is 0.185 e. The highest BCUT2D eigenvalue weighted by atomic mass is 32.1. The molecule has 2 rings (SSSR count). The van der Waals surface area contributed by atoms with Crippen LogP contribution < -0.4 is 10.2 Å². The lowest BCUT2D eigenvalue weighted by molar-refractivity contribution is 0.422. The Bertz CT molecular complexity index is 552. The molecular weight excluding hydrogens is 270 g/mol. The maximum Gasteiger partial charge on any atom is 0.185 e. The fourth-order valence-electron chi connectivity index (χ4n) is 1.80. The summed E-state index contributed by atoms with van der Waals surface area (Å²) < 4.78 is 1.82. The van der Waals surface area contributed by atoms with E-state index >= 15 is 0 Å². The first-order valence-corrected chi connectivity index (χ1v) is 7.59. The van der Waals surface area contributed by atoms with Crippen LogP contribution in [0.25, 0.3) is 0 Å². The minimum absolute atomic E-state index is 0.116. The van der Waals surface area contributed by atoms with Crippen molar-refractivity contribution in [3.8, 4) is 0 Å². The van der Waals surface area contributed by atoms with E-state index < -0.39 is 0 Å². The molecule has 2 heterocycles. The number of hydrogen-bond donors (Lipinski definition) is 1. The molecule has 0 unspecified atom stereocenters. The van der Waals surface area contributed by atoms with Crippen LogP contribution in [0, 0.1) is 0 Å². The minimum Gasteiger partial charge on any atom is -0.347 e. The average Bonchev–Trinajstić information content (AvgIpc) is 2.95. The van der Waals surface area contributed by atoms with Crippen molar-refractivity contribution in [2.75, 3.05) is 11.9 Å². The molecule has 1 N–H and O–H groups in total. The minimum atomic E-state index is 0.116. The van der Waals surface area contributed by atoms with Gasteiger partial charge in [0.2, 0.25) is 0 Å². The summed E-state index contributed by atoms with van der Waals surface area (Å²) in [7, 11) is 4.00. The van der Waals surface area contributed by atoms with Crippen molar-refractivity contribution in [1.82, 2.24) is 20.1 Å². The summed E-state index contributed by atoms with van der Waals surface area (Å²) in [5, 5.41) is 10.8. The van der Waals surface area contributed by atoms with Crippen molar-refractivity contribution in [3.63, 3.8) is 0 Å². The van der Waals surface area contributed by atoms with Gasteiger partial charge in [0.05, 0.1) is 11.9 Å². The van der Waals surface area contributed by atoms with Crippen LogP contribution in [0.15, 0.2) is 17.8 Å². The van der Waals surface area contributed by atoms with Gasteiger partial charge in [-0.3, -0.25) is 4.68 Å². The molecule has 0 aliphatic heterocycles. The number of aromatic nitrogens is 3. The second-order valence-electron chi connectivity index (χ2n) is 6.10. The van der Waals surface area contributed by atoms with Gasteiger partial charge in [0.25, 0.3) is 0 Å². The van der Waals surface area contributed by atoms with Crippen LogP contribution in [-0.4, -0.2) is 27.4 Å². The summed E-state index contributed by atoms with van der Waals surface area (Å²) in [5.41, 5.74) is 2.41. The lowest BCUT2D eigenvalue weighted by atomic mass is 10.1. The molecule has 0 fully saturated rings. The van der Waals surface area contributed by atoms with Crippen molar-refractivity contribution in [2.24, 2.45) is 7.05 Å². The number of anilines is 1. The van der Waals surface area contributed by atoms with Crippen LogP contribution in [0.4, 0.5) is 5.13 Å². The maximum absolute atomic E-state index is 4.67. The maximum atomic E-state index is 4.67. The fraction of sp³-hybridized carbons (Fsp3) is 0.571. The summed E-state index contributed by atoms with van der Waals surface area (Å²) in [6.45, 7) is 8.12. The third-order valence-corrected chi connectivity index (χ3v) is 3.85. The first kappa shape index (κ1) is 15.0. The first-order valence-electron chi connectivity index (χ1n) is 6.71. The molecule has 20 heavy (non-hydrogen) atoms. The Hall–Kier alpha value is -1.40. The van der Waals surface area contributed by atoms with Gasteiger partial charge in [-0.1, -0.05) is 0 Å². The largest absolute Gasteiger partial charge is 0.347 e. The molecule has 0 spiro atoms. The van der Waals surface area contributed by atoms with E-state index in [1.807, 2.05) is 24.1 Å². The van der Waals surface area contributed by atoms with E-state index in [-0.39, 0.29) is 5.54 Å². The van der Waals surface area contributed by atoms with E-state index in [4.69, 9.17) is 0 Å². The second-order valence-corrected chi connectivity index (χ2v) is 6.94. The van der Waals surface area contributed by atoms with Crippen LogP contribution in [0.5, 0.6) is 0 Å². The third kappa shape index (κ3) is 4.31. The van der Waals surface area contributed by atoms with Gasteiger partial charge in [-0.05, 0) is 20.8 Å². The summed E-state index contributed by atoms with van der Waals surface area (Å²) >= 11 is 1.68. The Balaban J connectivity index is 1.94. The number of rotatable bonds is 5. The van der Waals surface area contributed by atoms with Crippen molar-refractivity contribution < 1.29 is 0 Å². The van der Waals surface area contributed by atoms with E-state index in [2.05, 4.69) is 53.5 Å². The number of nitrogens with one attached hydrogen (secondary N) is 1. The van der Waals surface area contributed by atoms with Crippen LogP contribution >= 0.6 is 11.3 Å². The second kappa shape index (κ2) is 5.93. The molecule has 6 heteroatoms. The Morgan fingerprint density at radius 2 is 2.15 bits per heavy atom. The van der Waals surface area contributed by atoms with E-state index in [1.165, 1.54) is 5.56 Å². The molecule has 0 radical (unpaired) electrons. The monoisotopic (exact) mass is 293 g/mol. The summed E-state index contributed by atoms with van der Waals surface area (Å²) in [6.07, 6.45) is 3.93. The van der Waals surface area contributed by atoms with Gasteiger partial charge in [0.15, 0.2) is 5.13 Å². The standard InChI is InChI=1S/C14H23N5S/c1-14(2,3)15-7-12-10-20-13(17-12)18(4)8-11-6-16-19(5)9-11/h6,9-10,15H,7-8H2,1-5H3. The summed E-state index contributed by atoms with van der Waals surface area (Å²) in [4.78, 5) is 6.83. The zero-order valence-corrected chi connectivity index (χ0v) is 13.7. The van der Waals surface area contributed by atoms with Gasteiger partial charge in [0.1, 0.15) is 0 Å². The van der Waals surface area contributed by atoms with Gasteiger partial charge in [0, 0.05) is 49.9 Å². The Kier molecular flexibility index (Phi) is 4.45. The van der Waals surface area contributed by atoms with E-state index in [0.717, 1.165) is 23.9 Å².